The third-order valence-corrected chi connectivity index (χ3v) is 3.32. The van der Waals surface area contributed by atoms with Gasteiger partial charge in [-0.1, -0.05) is 0 Å². The van der Waals surface area contributed by atoms with Crippen LogP contribution in [0, 0.1) is 0 Å². The molecule has 6 heteroatoms. The summed E-state index contributed by atoms with van der Waals surface area (Å²) in [6.45, 7) is 7.74. The van der Waals surface area contributed by atoms with Crippen LogP contribution in [0.2, 0.25) is 0 Å². The lowest BCUT2D eigenvalue weighted by atomic mass is 10.0. The molecule has 1 saturated heterocycles. The van der Waals surface area contributed by atoms with E-state index in [1.165, 1.54) is 0 Å². The first kappa shape index (κ1) is 14.9. The first-order valence-corrected chi connectivity index (χ1v) is 6.40. The summed E-state index contributed by atoms with van der Waals surface area (Å²) in [5.41, 5.74) is -0.536. The minimum Gasteiger partial charge on any atom is -0.481 e. The van der Waals surface area contributed by atoms with E-state index in [0.717, 1.165) is 26.2 Å². The van der Waals surface area contributed by atoms with Crippen molar-refractivity contribution in [1.82, 2.24) is 15.5 Å². The van der Waals surface area contributed by atoms with Gasteiger partial charge in [0.05, 0.1) is 5.54 Å². The lowest BCUT2D eigenvalue weighted by Gasteiger charge is -2.39. The lowest BCUT2D eigenvalue weighted by molar-refractivity contribution is -0.137. The number of nitrogens with one attached hydrogen (secondary N) is 2. The summed E-state index contributed by atoms with van der Waals surface area (Å²) in [6.07, 6.45) is 0.563. The number of piperazine rings is 1. The van der Waals surface area contributed by atoms with Gasteiger partial charge in [-0.05, 0) is 20.3 Å². The molecule has 0 bridgehead atoms. The third-order valence-electron chi connectivity index (χ3n) is 3.32. The SMILES string of the molecule is CC(C)(C(=O)NCCCC(=O)O)N1CCNCC1. The number of nitrogens with zero attached hydrogens (tertiary/aromatic N) is 1. The van der Waals surface area contributed by atoms with Gasteiger partial charge in [-0.15, -0.1) is 0 Å². The number of carboxylic acid groups (broad SMARTS) is 1. The van der Waals surface area contributed by atoms with Crippen LogP contribution in [0.3, 0.4) is 0 Å². The normalized spacial score (nSPS) is 17.4. The second kappa shape index (κ2) is 6.70. The molecule has 0 aromatic rings. The fourth-order valence-corrected chi connectivity index (χ4v) is 2.03. The average molecular weight is 257 g/mol. The molecule has 1 aliphatic rings. The molecule has 1 aliphatic heterocycles. The van der Waals surface area contributed by atoms with Crippen LogP contribution in [-0.2, 0) is 9.59 Å². The van der Waals surface area contributed by atoms with Gasteiger partial charge in [0.1, 0.15) is 0 Å². The Morgan fingerprint density at radius 2 is 1.94 bits per heavy atom. The molecule has 1 amide bonds. The van der Waals surface area contributed by atoms with E-state index in [4.69, 9.17) is 5.11 Å². The molecule has 0 atom stereocenters. The Hall–Kier alpha value is -1.14. The molecule has 1 fully saturated rings. The predicted molar refractivity (Wildman–Crippen MR) is 68.4 cm³/mol. The largest absolute Gasteiger partial charge is 0.481 e. The highest BCUT2D eigenvalue weighted by Gasteiger charge is 2.34. The van der Waals surface area contributed by atoms with Gasteiger partial charge in [0.15, 0.2) is 0 Å². The van der Waals surface area contributed by atoms with E-state index in [2.05, 4.69) is 15.5 Å². The Morgan fingerprint density at radius 1 is 1.33 bits per heavy atom. The van der Waals surface area contributed by atoms with Gasteiger partial charge in [-0.25, -0.2) is 0 Å². The van der Waals surface area contributed by atoms with Crippen LogP contribution in [0.5, 0.6) is 0 Å². The zero-order valence-corrected chi connectivity index (χ0v) is 11.2. The molecule has 0 radical (unpaired) electrons. The molecule has 104 valence electrons. The molecule has 6 nitrogen and oxygen atoms in total. The second-order valence-electron chi connectivity index (χ2n) is 5.05. The molecule has 1 heterocycles. The quantitative estimate of drug-likeness (QED) is 0.567. The van der Waals surface area contributed by atoms with Crippen molar-refractivity contribution >= 4 is 11.9 Å². The van der Waals surface area contributed by atoms with Crippen molar-refractivity contribution in [2.24, 2.45) is 0 Å². The van der Waals surface area contributed by atoms with E-state index in [0.29, 0.717) is 13.0 Å². The maximum absolute atomic E-state index is 12.1. The van der Waals surface area contributed by atoms with Gasteiger partial charge in [-0.2, -0.15) is 0 Å². The predicted octanol–water partition coefficient (Wildman–Crippen LogP) is -0.349. The van der Waals surface area contributed by atoms with E-state index >= 15 is 0 Å². The minimum atomic E-state index is -0.828. The summed E-state index contributed by atoms with van der Waals surface area (Å²) in [6, 6.07) is 0. The van der Waals surface area contributed by atoms with Crippen LogP contribution in [0.1, 0.15) is 26.7 Å². The average Bonchev–Trinajstić information content (AvgIpc) is 2.35. The molecule has 0 aromatic heterocycles. The molecule has 1 rings (SSSR count). The van der Waals surface area contributed by atoms with Crippen LogP contribution >= 0.6 is 0 Å². The highest BCUT2D eigenvalue weighted by atomic mass is 16.4. The fraction of sp³-hybridized carbons (Fsp3) is 0.833. The monoisotopic (exact) mass is 257 g/mol. The zero-order chi connectivity index (χ0) is 13.6. The summed E-state index contributed by atoms with van der Waals surface area (Å²) in [5.74, 6) is -0.861. The van der Waals surface area contributed by atoms with E-state index in [1.54, 1.807) is 0 Å². The van der Waals surface area contributed by atoms with Gasteiger partial charge >= 0.3 is 5.97 Å². The van der Waals surface area contributed by atoms with Crippen molar-refractivity contribution in [2.75, 3.05) is 32.7 Å². The number of hydrogen-bond donors (Lipinski definition) is 3. The molecular weight excluding hydrogens is 234 g/mol. The van der Waals surface area contributed by atoms with Gasteiger partial charge in [-0.3, -0.25) is 14.5 Å². The van der Waals surface area contributed by atoms with E-state index in [1.807, 2.05) is 13.8 Å². The van der Waals surface area contributed by atoms with Crippen molar-refractivity contribution < 1.29 is 14.7 Å². The zero-order valence-electron chi connectivity index (χ0n) is 11.2. The van der Waals surface area contributed by atoms with Crippen LogP contribution in [0.25, 0.3) is 0 Å². The summed E-state index contributed by atoms with van der Waals surface area (Å²) in [5, 5.41) is 14.6. The fourth-order valence-electron chi connectivity index (χ4n) is 2.03. The Bertz CT molecular complexity index is 299. The number of rotatable bonds is 6. The number of aliphatic carboxylic acids is 1. The number of carbonyl (C=O) groups is 2. The number of amides is 1. The standard InChI is InChI=1S/C12H23N3O3/c1-12(2,15-8-6-13-7-9-15)11(18)14-5-3-4-10(16)17/h13H,3-9H2,1-2H3,(H,14,18)(H,16,17). The van der Waals surface area contributed by atoms with Crippen molar-refractivity contribution in [3.05, 3.63) is 0 Å². The molecule has 0 spiro atoms. The third kappa shape index (κ3) is 4.27. The Kier molecular flexibility index (Phi) is 5.55. The second-order valence-corrected chi connectivity index (χ2v) is 5.05. The maximum Gasteiger partial charge on any atom is 0.303 e. The van der Waals surface area contributed by atoms with Crippen LogP contribution in [-0.4, -0.2) is 60.1 Å². The lowest BCUT2D eigenvalue weighted by Crippen LogP contribution is -2.60. The smallest absolute Gasteiger partial charge is 0.303 e. The van der Waals surface area contributed by atoms with Gasteiger partial charge in [0.2, 0.25) is 5.91 Å². The first-order chi connectivity index (χ1) is 8.44. The topological polar surface area (TPSA) is 81.7 Å². The van der Waals surface area contributed by atoms with Gasteiger partial charge in [0.25, 0.3) is 0 Å². The summed E-state index contributed by atoms with van der Waals surface area (Å²) in [7, 11) is 0. The van der Waals surface area contributed by atoms with Crippen LogP contribution in [0.15, 0.2) is 0 Å². The first-order valence-electron chi connectivity index (χ1n) is 6.40. The highest BCUT2D eigenvalue weighted by Crippen LogP contribution is 2.15. The molecule has 18 heavy (non-hydrogen) atoms. The number of hydrogen-bond acceptors (Lipinski definition) is 4. The Morgan fingerprint density at radius 3 is 2.50 bits per heavy atom. The van der Waals surface area contributed by atoms with Gasteiger partial charge in [0, 0.05) is 39.1 Å². The number of carboxylic acids is 1. The molecule has 0 aliphatic carbocycles. The van der Waals surface area contributed by atoms with E-state index in [9.17, 15) is 9.59 Å². The highest BCUT2D eigenvalue weighted by molar-refractivity contribution is 5.85. The molecule has 0 aromatic carbocycles. The van der Waals surface area contributed by atoms with Gasteiger partial charge < -0.3 is 15.7 Å². The minimum absolute atomic E-state index is 0.0326. The molecule has 0 saturated carbocycles. The van der Waals surface area contributed by atoms with Crippen LogP contribution < -0.4 is 10.6 Å². The van der Waals surface area contributed by atoms with Crippen molar-refractivity contribution in [2.45, 2.75) is 32.2 Å². The molecule has 3 N–H and O–H groups in total. The van der Waals surface area contributed by atoms with E-state index < -0.39 is 11.5 Å². The summed E-state index contributed by atoms with van der Waals surface area (Å²) in [4.78, 5) is 24.6. The van der Waals surface area contributed by atoms with E-state index in [-0.39, 0.29) is 12.3 Å². The maximum atomic E-state index is 12.1. The van der Waals surface area contributed by atoms with Crippen LogP contribution in [0.4, 0.5) is 0 Å². The summed E-state index contributed by atoms with van der Waals surface area (Å²) >= 11 is 0. The summed E-state index contributed by atoms with van der Waals surface area (Å²) < 4.78 is 0. The van der Waals surface area contributed by atoms with Crippen molar-refractivity contribution in [1.29, 1.82) is 0 Å². The Labute approximate surface area is 108 Å². The van der Waals surface area contributed by atoms with Crippen molar-refractivity contribution in [3.63, 3.8) is 0 Å². The number of carbonyl (C=O) groups excluding carboxylic acids is 1. The molecular formula is C12H23N3O3. The Balaban J connectivity index is 2.36. The van der Waals surface area contributed by atoms with Crippen molar-refractivity contribution in [3.8, 4) is 0 Å². The molecule has 0 unspecified atom stereocenters.